The van der Waals surface area contributed by atoms with Crippen LogP contribution in [0, 0.1) is 0 Å². The third kappa shape index (κ3) is 6.87. The van der Waals surface area contributed by atoms with E-state index in [2.05, 4.69) is 39.6 Å². The maximum atomic E-state index is 13.4. The van der Waals surface area contributed by atoms with Crippen molar-refractivity contribution in [3.63, 3.8) is 0 Å². The molecule has 0 atom stereocenters. The molecule has 0 saturated heterocycles. The Morgan fingerprint density at radius 3 is 1.75 bits per heavy atom. The molecule has 2 aliphatic carbocycles. The van der Waals surface area contributed by atoms with E-state index in [1.54, 1.807) is 41.5 Å². The fraction of sp³-hybridized carbons (Fsp3) is 0.250. The van der Waals surface area contributed by atoms with Crippen LogP contribution in [0.1, 0.15) is 59.8 Å². The van der Waals surface area contributed by atoms with Crippen molar-refractivity contribution < 1.29 is 16.8 Å². The molecule has 10 nitrogen and oxygen atoms in total. The molecule has 3 N–H and O–H groups in total. The number of aromatic amines is 2. The van der Waals surface area contributed by atoms with Crippen molar-refractivity contribution in [2.75, 3.05) is 22.7 Å². The molecule has 2 fully saturated rings. The fourth-order valence-corrected chi connectivity index (χ4v) is 10.3. The molecule has 0 unspecified atom stereocenters. The summed E-state index contributed by atoms with van der Waals surface area (Å²) >= 11 is 0. The molecule has 13 heteroatoms. The monoisotopic (exact) mass is 768 g/mol. The second-order valence-corrected chi connectivity index (χ2v) is 18.1. The number of nitrogens with zero attached hydrogens (tertiary/aromatic N) is 1. The Bertz CT molecular complexity index is 2740. The molecule has 2 aromatic heterocycles. The van der Waals surface area contributed by atoms with Gasteiger partial charge in [0.1, 0.15) is 0 Å². The van der Waals surface area contributed by atoms with Crippen LogP contribution in [0.15, 0.2) is 117 Å². The third-order valence-corrected chi connectivity index (χ3v) is 13.6. The Balaban J connectivity index is 0.000000125. The molecular formula is C40H37ClN4O6S2. The molecule has 4 aliphatic rings. The summed E-state index contributed by atoms with van der Waals surface area (Å²) in [5.41, 5.74) is 7.24. The summed E-state index contributed by atoms with van der Waals surface area (Å²) in [4.78, 5) is 28.6. The van der Waals surface area contributed by atoms with E-state index in [1.807, 2.05) is 12.1 Å². The van der Waals surface area contributed by atoms with Gasteiger partial charge in [0.05, 0.1) is 15.5 Å². The van der Waals surface area contributed by atoms with Gasteiger partial charge in [0, 0.05) is 63.4 Å². The Kier molecular flexibility index (Phi) is 9.16. The highest BCUT2D eigenvalue weighted by atomic mass is 35.7. The average molecular weight is 769 g/mol. The van der Waals surface area contributed by atoms with E-state index in [4.69, 9.17) is 10.7 Å². The van der Waals surface area contributed by atoms with E-state index in [-0.39, 0.29) is 20.9 Å². The highest BCUT2D eigenvalue weighted by molar-refractivity contribution is 8.14. The van der Waals surface area contributed by atoms with Crippen LogP contribution in [0.3, 0.4) is 0 Å². The number of H-pyrrole nitrogens is 2. The molecule has 10 rings (SSSR count). The van der Waals surface area contributed by atoms with E-state index in [0.29, 0.717) is 34.0 Å². The average Bonchev–Trinajstić information content (AvgIpc) is 4.08. The van der Waals surface area contributed by atoms with Gasteiger partial charge < -0.3 is 15.3 Å². The van der Waals surface area contributed by atoms with Crippen molar-refractivity contribution in [2.24, 2.45) is 0 Å². The van der Waals surface area contributed by atoms with Crippen LogP contribution in [0.4, 0.5) is 11.4 Å². The van der Waals surface area contributed by atoms with Crippen molar-refractivity contribution in [1.29, 1.82) is 0 Å². The third-order valence-electron chi connectivity index (χ3n) is 10.3. The Labute approximate surface area is 311 Å². The topological polar surface area (TPSA) is 149 Å². The first-order valence-electron chi connectivity index (χ1n) is 17.7. The van der Waals surface area contributed by atoms with E-state index in [9.17, 15) is 26.4 Å². The number of nitrogens with one attached hydrogen (secondary N) is 3. The van der Waals surface area contributed by atoms with E-state index in [1.165, 1.54) is 78.3 Å². The van der Waals surface area contributed by atoms with Crippen molar-refractivity contribution >= 4 is 62.7 Å². The normalized spacial score (nSPS) is 16.2. The SMILES string of the molecule is O=c1[nH]ccc2c(S(=O)(=O)Cl)cccc12.O=c1[nH]ccc2c(S(=O)(=O)N3CCc4c(C5CC5)cccc43)cccc12.c1cc2c(c(C3CC3)c1)CCN2. The second-order valence-electron chi connectivity index (χ2n) is 13.8. The van der Waals surface area contributed by atoms with Gasteiger partial charge in [-0.3, -0.25) is 13.9 Å². The molecule has 6 aromatic rings. The van der Waals surface area contributed by atoms with Crippen LogP contribution in [0.5, 0.6) is 0 Å². The van der Waals surface area contributed by atoms with Gasteiger partial charge in [0.25, 0.3) is 30.2 Å². The first-order chi connectivity index (χ1) is 25.5. The molecular weight excluding hydrogens is 732 g/mol. The van der Waals surface area contributed by atoms with Crippen LogP contribution in [-0.2, 0) is 31.9 Å². The highest BCUT2D eigenvalue weighted by Crippen LogP contribution is 2.47. The number of fused-ring (bicyclic) bond motifs is 4. The van der Waals surface area contributed by atoms with Crippen molar-refractivity contribution in [2.45, 2.75) is 60.2 Å². The molecule has 272 valence electrons. The molecule has 4 aromatic carbocycles. The number of hydrogen-bond donors (Lipinski definition) is 3. The number of sulfonamides is 1. The van der Waals surface area contributed by atoms with Crippen LogP contribution >= 0.6 is 10.7 Å². The standard InChI is InChI=1S/C20H18N2O3S.C11H13N.C9H6ClNO3S/c23-20-17-4-2-6-19(16(17)9-11-21-20)26(24,25)22-12-10-15-14(13-7-8-13)3-1-5-18(15)22;1-2-9(8-4-5-8)10-6-7-12-11(10)3-1;10-15(13,14)8-3-1-2-7-6(8)4-5-11-9(7)12/h1-6,9,11,13H,7-8,10,12H2,(H,21,23);1-3,8,12H,4-7H2;1-5H,(H,11,12). The molecule has 0 spiro atoms. The summed E-state index contributed by atoms with van der Waals surface area (Å²) in [6.45, 7) is 1.58. The number of pyridine rings is 2. The van der Waals surface area contributed by atoms with Gasteiger partial charge in [0.2, 0.25) is 0 Å². The van der Waals surface area contributed by atoms with E-state index >= 15 is 0 Å². The molecule has 4 heterocycles. The molecule has 0 radical (unpaired) electrons. The summed E-state index contributed by atoms with van der Waals surface area (Å²) in [7, 11) is -2.31. The maximum absolute atomic E-state index is 13.4. The zero-order chi connectivity index (χ0) is 36.9. The predicted molar refractivity (Wildman–Crippen MR) is 209 cm³/mol. The summed E-state index contributed by atoms with van der Waals surface area (Å²) in [5, 5.41) is 4.91. The number of anilines is 2. The lowest BCUT2D eigenvalue weighted by Crippen LogP contribution is -2.29. The van der Waals surface area contributed by atoms with Gasteiger partial charge in [-0.05, 0) is 121 Å². The first-order valence-corrected chi connectivity index (χ1v) is 21.4. The van der Waals surface area contributed by atoms with Gasteiger partial charge in [-0.25, -0.2) is 16.8 Å². The van der Waals surface area contributed by atoms with Crippen molar-refractivity contribution in [1.82, 2.24) is 9.97 Å². The number of halogens is 1. The minimum atomic E-state index is -3.83. The fourth-order valence-electron chi connectivity index (χ4n) is 7.55. The summed E-state index contributed by atoms with van der Waals surface area (Å²) < 4.78 is 50.8. The largest absolute Gasteiger partial charge is 0.384 e. The van der Waals surface area contributed by atoms with E-state index in [0.717, 1.165) is 30.1 Å². The lowest BCUT2D eigenvalue weighted by molar-refractivity contribution is 0.593. The first kappa shape index (κ1) is 35.1. The highest BCUT2D eigenvalue weighted by Gasteiger charge is 2.36. The summed E-state index contributed by atoms with van der Waals surface area (Å²) in [6.07, 6.45) is 10.1. The zero-order valence-electron chi connectivity index (χ0n) is 28.6. The smallest absolute Gasteiger partial charge is 0.264 e. The van der Waals surface area contributed by atoms with E-state index < -0.39 is 19.1 Å². The van der Waals surface area contributed by atoms with Crippen molar-refractivity contribution in [3.8, 4) is 0 Å². The van der Waals surface area contributed by atoms with Gasteiger partial charge in [0.15, 0.2) is 0 Å². The van der Waals surface area contributed by atoms with Crippen LogP contribution < -0.4 is 20.7 Å². The van der Waals surface area contributed by atoms with Gasteiger partial charge in [-0.1, -0.05) is 36.4 Å². The number of rotatable bonds is 5. The Morgan fingerprint density at radius 2 is 1.15 bits per heavy atom. The minimum Gasteiger partial charge on any atom is -0.384 e. The quantitative estimate of drug-likeness (QED) is 0.158. The molecule has 0 bridgehead atoms. The molecule has 2 saturated carbocycles. The zero-order valence-corrected chi connectivity index (χ0v) is 31.0. The predicted octanol–water partition coefficient (Wildman–Crippen LogP) is 7.14. The summed E-state index contributed by atoms with van der Waals surface area (Å²) in [5.74, 6) is 1.49. The van der Waals surface area contributed by atoms with Crippen LogP contribution in [-0.4, -0.2) is 39.9 Å². The minimum absolute atomic E-state index is 0.0484. The number of benzene rings is 4. The summed E-state index contributed by atoms with van der Waals surface area (Å²) in [6, 6.07) is 25.1. The van der Waals surface area contributed by atoms with Crippen LogP contribution in [0.2, 0.25) is 0 Å². The molecule has 2 aliphatic heterocycles. The molecule has 0 amide bonds. The lowest BCUT2D eigenvalue weighted by Gasteiger charge is -2.21. The van der Waals surface area contributed by atoms with Gasteiger partial charge >= 0.3 is 0 Å². The lowest BCUT2D eigenvalue weighted by atomic mass is 10.0. The number of aromatic nitrogens is 2. The Morgan fingerprint density at radius 1 is 0.604 bits per heavy atom. The maximum Gasteiger partial charge on any atom is 0.264 e. The second kappa shape index (κ2) is 13.8. The van der Waals surface area contributed by atoms with Gasteiger partial charge in [-0.15, -0.1) is 0 Å². The van der Waals surface area contributed by atoms with Gasteiger partial charge in [-0.2, -0.15) is 0 Å². The Hall–Kier alpha value is -4.91. The van der Waals surface area contributed by atoms with Crippen LogP contribution in [0.25, 0.3) is 21.5 Å². The molecule has 53 heavy (non-hydrogen) atoms. The van der Waals surface area contributed by atoms with Crippen molar-refractivity contribution in [3.05, 3.63) is 140 Å². The number of hydrogen-bond acceptors (Lipinski definition) is 7.